The number of benzene rings is 1. The van der Waals surface area contributed by atoms with Gasteiger partial charge in [-0.05, 0) is 12.1 Å². The fourth-order valence-electron chi connectivity index (χ4n) is 1.15. The molecule has 0 aliphatic rings. The van der Waals surface area contributed by atoms with Gasteiger partial charge in [0, 0.05) is 10.6 Å². The number of halogens is 2. The number of alkyl halides is 1. The smallest absolute Gasteiger partial charge is 0.209 e. The first-order valence-electron chi connectivity index (χ1n) is 4.06. The molecule has 0 saturated carbocycles. The van der Waals surface area contributed by atoms with Crippen molar-refractivity contribution in [1.29, 1.82) is 0 Å². The molecule has 0 radical (unpaired) electrons. The number of aromatic nitrogens is 1. The zero-order valence-electron chi connectivity index (χ0n) is 7.21. The second-order valence-corrected chi connectivity index (χ2v) is 3.47. The van der Waals surface area contributed by atoms with Crippen molar-refractivity contribution in [3.05, 3.63) is 41.4 Å². The fourth-order valence-corrected chi connectivity index (χ4v) is 1.46. The number of rotatable bonds is 2. The Morgan fingerprint density at radius 1 is 1.36 bits per heavy atom. The minimum atomic E-state index is 0.278. The van der Waals surface area contributed by atoms with Gasteiger partial charge < -0.3 is 4.42 Å². The zero-order valence-corrected chi connectivity index (χ0v) is 8.72. The normalized spacial score (nSPS) is 10.4. The Morgan fingerprint density at radius 2 is 2.21 bits per heavy atom. The number of hydrogen-bond acceptors (Lipinski definition) is 2. The standard InChI is InChI=1S/C10H7Cl2NO/c11-5-10-13-6-9(14-10)7-2-1-3-8(12)4-7/h1-4,6H,5H2. The molecule has 0 aliphatic carbocycles. The summed E-state index contributed by atoms with van der Waals surface area (Å²) in [5.74, 6) is 1.48. The molecular weight excluding hydrogens is 221 g/mol. The number of oxazole rings is 1. The minimum absolute atomic E-state index is 0.278. The SMILES string of the molecule is ClCc1ncc(-c2cccc(Cl)c2)o1. The molecule has 0 amide bonds. The third kappa shape index (κ3) is 1.91. The first kappa shape index (κ1) is 9.56. The molecule has 0 bridgehead atoms. The molecule has 2 nitrogen and oxygen atoms in total. The lowest BCUT2D eigenvalue weighted by Gasteiger charge is -1.95. The predicted octanol–water partition coefficient (Wildman–Crippen LogP) is 3.73. The van der Waals surface area contributed by atoms with E-state index < -0.39 is 0 Å². The monoisotopic (exact) mass is 227 g/mol. The Morgan fingerprint density at radius 3 is 2.86 bits per heavy atom. The molecule has 0 fully saturated rings. The van der Waals surface area contributed by atoms with Crippen LogP contribution in [0.3, 0.4) is 0 Å². The van der Waals surface area contributed by atoms with Crippen LogP contribution in [-0.4, -0.2) is 4.98 Å². The van der Waals surface area contributed by atoms with Gasteiger partial charge in [-0.1, -0.05) is 23.7 Å². The van der Waals surface area contributed by atoms with Crippen LogP contribution >= 0.6 is 23.2 Å². The summed E-state index contributed by atoms with van der Waals surface area (Å²) in [7, 11) is 0. The van der Waals surface area contributed by atoms with Gasteiger partial charge in [0.2, 0.25) is 5.89 Å². The minimum Gasteiger partial charge on any atom is -0.439 e. The molecule has 0 unspecified atom stereocenters. The van der Waals surface area contributed by atoms with Gasteiger partial charge in [0.15, 0.2) is 5.76 Å². The van der Waals surface area contributed by atoms with Gasteiger partial charge in [-0.3, -0.25) is 0 Å². The lowest BCUT2D eigenvalue weighted by atomic mass is 10.2. The lowest BCUT2D eigenvalue weighted by molar-refractivity contribution is 0.529. The van der Waals surface area contributed by atoms with Gasteiger partial charge in [0.05, 0.1) is 12.1 Å². The third-order valence-electron chi connectivity index (χ3n) is 1.78. The van der Waals surface area contributed by atoms with E-state index in [4.69, 9.17) is 27.6 Å². The van der Waals surface area contributed by atoms with E-state index in [0.717, 1.165) is 5.56 Å². The van der Waals surface area contributed by atoms with Gasteiger partial charge in [0.1, 0.15) is 0 Å². The van der Waals surface area contributed by atoms with Gasteiger partial charge >= 0.3 is 0 Å². The third-order valence-corrected chi connectivity index (χ3v) is 2.24. The Kier molecular flexibility index (Phi) is 2.75. The summed E-state index contributed by atoms with van der Waals surface area (Å²) in [5, 5.41) is 0.673. The average molecular weight is 228 g/mol. The Labute approximate surface area is 91.5 Å². The predicted molar refractivity (Wildman–Crippen MR) is 56.5 cm³/mol. The highest BCUT2D eigenvalue weighted by atomic mass is 35.5. The Balaban J connectivity index is 2.39. The van der Waals surface area contributed by atoms with Gasteiger partial charge in [-0.2, -0.15) is 0 Å². The second kappa shape index (κ2) is 4.03. The van der Waals surface area contributed by atoms with Crippen LogP contribution < -0.4 is 0 Å². The van der Waals surface area contributed by atoms with Crippen LogP contribution in [0.1, 0.15) is 5.89 Å². The first-order valence-corrected chi connectivity index (χ1v) is 4.97. The highest BCUT2D eigenvalue weighted by Gasteiger charge is 2.05. The van der Waals surface area contributed by atoms with Gasteiger partial charge in [0.25, 0.3) is 0 Å². The molecule has 1 heterocycles. The first-order chi connectivity index (χ1) is 6.79. The Bertz CT molecular complexity index is 439. The van der Waals surface area contributed by atoms with Crippen LogP contribution in [-0.2, 0) is 5.88 Å². The zero-order chi connectivity index (χ0) is 9.97. The topological polar surface area (TPSA) is 26.0 Å². The molecule has 2 aromatic rings. The molecule has 0 atom stereocenters. The molecule has 4 heteroatoms. The molecule has 0 spiro atoms. The maximum absolute atomic E-state index is 5.85. The summed E-state index contributed by atoms with van der Waals surface area (Å²) in [6, 6.07) is 7.40. The maximum Gasteiger partial charge on any atom is 0.209 e. The van der Waals surface area contributed by atoms with Crippen LogP contribution in [0.4, 0.5) is 0 Å². The van der Waals surface area contributed by atoms with E-state index in [1.807, 2.05) is 24.3 Å². The number of nitrogens with zero attached hydrogens (tertiary/aromatic N) is 1. The lowest BCUT2D eigenvalue weighted by Crippen LogP contribution is -1.73. The summed E-state index contributed by atoms with van der Waals surface area (Å²) in [4.78, 5) is 4.00. The quantitative estimate of drug-likeness (QED) is 0.732. The van der Waals surface area contributed by atoms with Crippen molar-refractivity contribution < 1.29 is 4.42 Å². The second-order valence-electron chi connectivity index (χ2n) is 2.76. The van der Waals surface area contributed by atoms with E-state index >= 15 is 0 Å². The van der Waals surface area contributed by atoms with Gasteiger partial charge in [-0.25, -0.2) is 4.98 Å². The van der Waals surface area contributed by atoms with E-state index in [1.165, 1.54) is 0 Å². The molecule has 0 aliphatic heterocycles. The van der Waals surface area contributed by atoms with Crippen molar-refractivity contribution in [2.75, 3.05) is 0 Å². The van der Waals surface area contributed by atoms with Crippen LogP contribution in [0.2, 0.25) is 5.02 Å². The Hall–Kier alpha value is -0.990. The van der Waals surface area contributed by atoms with Gasteiger partial charge in [-0.15, -0.1) is 11.6 Å². The van der Waals surface area contributed by atoms with Crippen molar-refractivity contribution in [3.8, 4) is 11.3 Å². The summed E-state index contributed by atoms with van der Waals surface area (Å²) in [6.45, 7) is 0. The molecule has 1 aromatic carbocycles. The molecule has 14 heavy (non-hydrogen) atoms. The maximum atomic E-state index is 5.85. The average Bonchev–Trinajstić information content (AvgIpc) is 2.66. The molecule has 72 valence electrons. The van der Waals surface area contributed by atoms with Crippen molar-refractivity contribution >= 4 is 23.2 Å². The molecule has 0 saturated heterocycles. The van der Waals surface area contributed by atoms with Crippen LogP contribution in [0, 0.1) is 0 Å². The molecular formula is C10H7Cl2NO. The van der Waals surface area contributed by atoms with Crippen LogP contribution in [0.5, 0.6) is 0 Å². The highest BCUT2D eigenvalue weighted by molar-refractivity contribution is 6.30. The number of hydrogen-bond donors (Lipinski definition) is 0. The van der Waals surface area contributed by atoms with Crippen molar-refractivity contribution in [2.45, 2.75) is 5.88 Å². The summed E-state index contributed by atoms with van der Waals surface area (Å²) in [5.41, 5.74) is 0.904. The van der Waals surface area contributed by atoms with Crippen molar-refractivity contribution in [1.82, 2.24) is 4.98 Å². The van der Waals surface area contributed by atoms with E-state index in [9.17, 15) is 0 Å². The highest BCUT2D eigenvalue weighted by Crippen LogP contribution is 2.23. The summed E-state index contributed by atoms with van der Waals surface area (Å²) >= 11 is 11.4. The van der Waals surface area contributed by atoms with Crippen LogP contribution in [0.25, 0.3) is 11.3 Å². The fraction of sp³-hybridized carbons (Fsp3) is 0.100. The van der Waals surface area contributed by atoms with E-state index in [-0.39, 0.29) is 5.88 Å². The van der Waals surface area contributed by atoms with Crippen LogP contribution in [0.15, 0.2) is 34.9 Å². The summed E-state index contributed by atoms with van der Waals surface area (Å²) < 4.78 is 5.37. The largest absolute Gasteiger partial charge is 0.439 e. The van der Waals surface area contributed by atoms with E-state index in [0.29, 0.717) is 16.7 Å². The van der Waals surface area contributed by atoms with E-state index in [1.54, 1.807) is 6.20 Å². The molecule has 2 rings (SSSR count). The molecule has 1 aromatic heterocycles. The summed E-state index contributed by atoms with van der Waals surface area (Å²) in [6.07, 6.45) is 1.64. The van der Waals surface area contributed by atoms with E-state index in [2.05, 4.69) is 4.98 Å². The molecule has 0 N–H and O–H groups in total. The van der Waals surface area contributed by atoms with Crippen molar-refractivity contribution in [3.63, 3.8) is 0 Å². The van der Waals surface area contributed by atoms with Crippen molar-refractivity contribution in [2.24, 2.45) is 0 Å².